The number of nitrogens with one attached hydrogen (secondary N) is 1. The van der Waals surface area contributed by atoms with Crippen molar-refractivity contribution >= 4 is 23.5 Å². The largest absolute Gasteiger partial charge is 0.550 e. The molecule has 1 amide bonds. The molecule has 6 nitrogen and oxygen atoms in total. The van der Waals surface area contributed by atoms with Gasteiger partial charge in [-0.15, -0.1) is 0 Å². The highest BCUT2D eigenvalue weighted by atomic mass is 16.4. The number of carbonyl (C=O) groups excluding carboxylic acids is 3. The molecule has 0 saturated heterocycles. The predicted molar refractivity (Wildman–Crippen MR) is 69.8 cm³/mol. The number of carboxylic acids is 2. The molecular weight excluding hydrogens is 274 g/mol. The number of rotatable bonds is 4. The van der Waals surface area contributed by atoms with Crippen LogP contribution in [0.3, 0.4) is 0 Å². The van der Waals surface area contributed by atoms with Crippen LogP contribution in [-0.2, 0) is 9.59 Å². The Morgan fingerprint density at radius 2 is 1.52 bits per heavy atom. The van der Waals surface area contributed by atoms with Crippen molar-refractivity contribution in [3.63, 3.8) is 0 Å². The lowest BCUT2D eigenvalue weighted by Crippen LogP contribution is -2.41. The summed E-state index contributed by atoms with van der Waals surface area (Å²) in [6.07, 6.45) is 4.09. The summed E-state index contributed by atoms with van der Waals surface area (Å²) in [5, 5.41) is 24.3. The molecular formula is C15H13NO5-2. The highest BCUT2D eigenvalue weighted by Crippen LogP contribution is 2.26. The third-order valence-electron chi connectivity index (χ3n) is 3.46. The van der Waals surface area contributed by atoms with Crippen LogP contribution in [0.25, 0.3) is 0 Å². The number of benzene rings is 1. The van der Waals surface area contributed by atoms with E-state index in [1.165, 1.54) is 24.3 Å². The minimum atomic E-state index is -1.30. The maximum Gasteiger partial charge on any atom is 0.228 e. The summed E-state index contributed by atoms with van der Waals surface area (Å²) in [5.74, 6) is -4.51. The lowest BCUT2D eigenvalue weighted by molar-refractivity contribution is -0.313. The number of aliphatic carboxylic acids is 1. The average molecular weight is 287 g/mol. The van der Waals surface area contributed by atoms with E-state index in [1.54, 1.807) is 12.2 Å². The minimum Gasteiger partial charge on any atom is -0.550 e. The summed E-state index contributed by atoms with van der Waals surface area (Å²) >= 11 is 0. The number of hydrogen-bond acceptors (Lipinski definition) is 5. The second kappa shape index (κ2) is 6.21. The molecule has 1 aliphatic rings. The van der Waals surface area contributed by atoms with Gasteiger partial charge < -0.3 is 25.1 Å². The van der Waals surface area contributed by atoms with Crippen LogP contribution in [0.15, 0.2) is 36.4 Å². The first kappa shape index (κ1) is 14.8. The van der Waals surface area contributed by atoms with E-state index in [2.05, 4.69) is 5.32 Å². The Balaban J connectivity index is 2.08. The normalized spacial score (nSPS) is 20.8. The van der Waals surface area contributed by atoms with E-state index in [9.17, 15) is 24.6 Å². The van der Waals surface area contributed by atoms with Gasteiger partial charge in [0.05, 0.1) is 11.9 Å². The molecule has 0 saturated carbocycles. The maximum absolute atomic E-state index is 12.1. The van der Waals surface area contributed by atoms with Gasteiger partial charge in [0.25, 0.3) is 0 Å². The van der Waals surface area contributed by atoms with Crippen LogP contribution in [0.4, 0.5) is 5.69 Å². The Bertz CT molecular complexity index is 591. The highest BCUT2D eigenvalue weighted by molar-refractivity contribution is 5.95. The molecule has 0 spiro atoms. The zero-order valence-corrected chi connectivity index (χ0v) is 11.1. The number of carbonyl (C=O) groups is 3. The molecule has 0 aliphatic heterocycles. The molecule has 0 fully saturated rings. The molecule has 2 rings (SSSR count). The molecule has 1 aliphatic carbocycles. The molecule has 1 aromatic rings. The van der Waals surface area contributed by atoms with E-state index in [-0.39, 0.29) is 12.0 Å². The zero-order chi connectivity index (χ0) is 15.4. The van der Waals surface area contributed by atoms with Gasteiger partial charge in [-0.05, 0) is 30.5 Å². The standard InChI is InChI=1S/C15H15NO5/c17-13(11-3-1-2-4-12(11)15(20)21)16-10-7-5-9(6-8-10)14(18)19/h1-2,5-8,11-12H,3-4H2,(H,16,17)(H,18,19)(H,20,21)/p-2. The maximum atomic E-state index is 12.1. The molecule has 2 atom stereocenters. The number of amides is 1. The summed E-state index contributed by atoms with van der Waals surface area (Å²) in [6, 6.07) is 5.47. The van der Waals surface area contributed by atoms with Crippen molar-refractivity contribution in [2.24, 2.45) is 11.8 Å². The average Bonchev–Trinajstić information content (AvgIpc) is 2.47. The van der Waals surface area contributed by atoms with Gasteiger partial charge in [-0.2, -0.15) is 0 Å². The lowest BCUT2D eigenvalue weighted by Gasteiger charge is -2.28. The van der Waals surface area contributed by atoms with E-state index in [4.69, 9.17) is 0 Å². The molecule has 21 heavy (non-hydrogen) atoms. The molecule has 2 unspecified atom stereocenters. The van der Waals surface area contributed by atoms with E-state index in [0.717, 1.165) is 0 Å². The lowest BCUT2D eigenvalue weighted by atomic mass is 9.82. The number of anilines is 1. The zero-order valence-electron chi connectivity index (χ0n) is 11.1. The second-order valence-electron chi connectivity index (χ2n) is 4.83. The van der Waals surface area contributed by atoms with Crippen LogP contribution in [0.2, 0.25) is 0 Å². The van der Waals surface area contributed by atoms with Gasteiger partial charge in [-0.3, -0.25) is 4.79 Å². The Morgan fingerprint density at radius 3 is 2.05 bits per heavy atom. The van der Waals surface area contributed by atoms with Crippen molar-refractivity contribution in [3.8, 4) is 0 Å². The van der Waals surface area contributed by atoms with Crippen LogP contribution in [0.1, 0.15) is 23.2 Å². The molecule has 0 heterocycles. The van der Waals surface area contributed by atoms with Gasteiger partial charge in [-0.1, -0.05) is 24.3 Å². The van der Waals surface area contributed by atoms with Crippen LogP contribution < -0.4 is 15.5 Å². The second-order valence-corrected chi connectivity index (χ2v) is 4.83. The first-order chi connectivity index (χ1) is 9.99. The molecule has 0 bridgehead atoms. The van der Waals surface area contributed by atoms with Crippen LogP contribution in [0, 0.1) is 11.8 Å². The Morgan fingerprint density at radius 1 is 0.952 bits per heavy atom. The number of carboxylic acid groups (broad SMARTS) is 2. The highest BCUT2D eigenvalue weighted by Gasteiger charge is 2.29. The summed E-state index contributed by atoms with van der Waals surface area (Å²) in [6.45, 7) is 0. The van der Waals surface area contributed by atoms with Crippen molar-refractivity contribution in [2.75, 3.05) is 5.32 Å². The summed E-state index contributed by atoms with van der Waals surface area (Å²) in [4.78, 5) is 33.8. The van der Waals surface area contributed by atoms with Crippen molar-refractivity contribution in [2.45, 2.75) is 12.8 Å². The van der Waals surface area contributed by atoms with Crippen molar-refractivity contribution < 1.29 is 24.6 Å². The molecule has 0 radical (unpaired) electrons. The molecule has 1 N–H and O–H groups in total. The summed E-state index contributed by atoms with van der Waals surface area (Å²) < 4.78 is 0. The van der Waals surface area contributed by atoms with Gasteiger partial charge in [0.1, 0.15) is 0 Å². The SMILES string of the molecule is O=C([O-])c1ccc(NC(=O)C2CC=CCC2C(=O)[O-])cc1. The fraction of sp³-hybridized carbons (Fsp3) is 0.267. The van der Waals surface area contributed by atoms with Gasteiger partial charge >= 0.3 is 0 Å². The summed E-state index contributed by atoms with van der Waals surface area (Å²) in [7, 11) is 0. The van der Waals surface area contributed by atoms with Crippen molar-refractivity contribution in [3.05, 3.63) is 42.0 Å². The Kier molecular flexibility index (Phi) is 4.37. The third-order valence-corrected chi connectivity index (χ3v) is 3.46. The van der Waals surface area contributed by atoms with Gasteiger partial charge in [-0.25, -0.2) is 0 Å². The van der Waals surface area contributed by atoms with Gasteiger partial charge in [0.15, 0.2) is 0 Å². The van der Waals surface area contributed by atoms with E-state index in [1.807, 2.05) is 0 Å². The third kappa shape index (κ3) is 3.47. The minimum absolute atomic E-state index is 0.00112. The number of aromatic carboxylic acids is 1. The number of hydrogen-bond donors (Lipinski definition) is 1. The van der Waals surface area contributed by atoms with Gasteiger partial charge in [0.2, 0.25) is 5.91 Å². The van der Waals surface area contributed by atoms with Crippen molar-refractivity contribution in [1.29, 1.82) is 0 Å². The summed E-state index contributed by atoms with van der Waals surface area (Å²) in [5.41, 5.74) is 0.401. The number of allylic oxidation sites excluding steroid dienone is 2. The topological polar surface area (TPSA) is 109 Å². The van der Waals surface area contributed by atoms with Crippen molar-refractivity contribution in [1.82, 2.24) is 0 Å². The van der Waals surface area contributed by atoms with Gasteiger partial charge in [0, 0.05) is 17.6 Å². The predicted octanol–water partition coefficient (Wildman–Crippen LogP) is -0.679. The van der Waals surface area contributed by atoms with E-state index in [0.29, 0.717) is 12.1 Å². The first-order valence-electron chi connectivity index (χ1n) is 6.47. The molecule has 1 aromatic carbocycles. The van der Waals surface area contributed by atoms with Crippen LogP contribution >= 0.6 is 0 Å². The molecule has 110 valence electrons. The van der Waals surface area contributed by atoms with Crippen LogP contribution in [0.5, 0.6) is 0 Å². The smallest absolute Gasteiger partial charge is 0.228 e. The quantitative estimate of drug-likeness (QED) is 0.738. The molecule has 6 heteroatoms. The Labute approximate surface area is 121 Å². The fourth-order valence-corrected chi connectivity index (χ4v) is 2.29. The monoisotopic (exact) mass is 287 g/mol. The van der Waals surface area contributed by atoms with E-state index < -0.39 is 29.7 Å². The molecule has 0 aromatic heterocycles. The fourth-order valence-electron chi connectivity index (χ4n) is 2.29. The Hall–Kier alpha value is -2.63. The van der Waals surface area contributed by atoms with E-state index >= 15 is 0 Å². The first-order valence-corrected chi connectivity index (χ1v) is 6.47. The van der Waals surface area contributed by atoms with Crippen LogP contribution in [-0.4, -0.2) is 17.8 Å².